The molecule has 0 saturated carbocycles. The van der Waals surface area contributed by atoms with E-state index >= 15 is 0 Å². The fraction of sp³-hybridized carbons (Fsp3) is 0.455. The number of Topliss-reactive ketones (excluding diaryl/α,β-unsaturated/α-hetero) is 1. The van der Waals surface area contributed by atoms with E-state index in [2.05, 4.69) is 11.3 Å². The molecule has 2 atom stereocenters. The number of rotatable bonds is 3. The highest BCUT2D eigenvalue weighted by Gasteiger charge is 2.24. The fourth-order valence-corrected chi connectivity index (χ4v) is 1.36. The van der Waals surface area contributed by atoms with Crippen molar-refractivity contribution in [3.63, 3.8) is 0 Å². The summed E-state index contributed by atoms with van der Waals surface area (Å²) in [6.07, 6.45) is 4.47. The third kappa shape index (κ3) is 3.67. The van der Waals surface area contributed by atoms with E-state index in [1.807, 2.05) is 0 Å². The molecule has 0 amide bonds. The highest BCUT2D eigenvalue weighted by atomic mass is 16.5. The van der Waals surface area contributed by atoms with Gasteiger partial charge in [0.1, 0.15) is 5.78 Å². The molecule has 4 nitrogen and oxygen atoms in total. The fourth-order valence-electron chi connectivity index (χ4n) is 1.36. The number of carbonyl (C=O) groups is 2. The van der Waals surface area contributed by atoms with Crippen LogP contribution in [-0.2, 0) is 19.1 Å². The van der Waals surface area contributed by atoms with Crippen molar-refractivity contribution in [2.75, 3.05) is 7.11 Å². The summed E-state index contributed by atoms with van der Waals surface area (Å²) in [4.78, 5) is 22.1. The molecule has 1 fully saturated rings. The van der Waals surface area contributed by atoms with Crippen LogP contribution in [0.15, 0.2) is 24.8 Å². The molecule has 1 saturated heterocycles. The van der Waals surface area contributed by atoms with Gasteiger partial charge >= 0.3 is 5.97 Å². The van der Waals surface area contributed by atoms with Crippen molar-refractivity contribution in [1.82, 2.24) is 0 Å². The van der Waals surface area contributed by atoms with Crippen molar-refractivity contribution in [1.29, 1.82) is 0 Å². The second-order valence-corrected chi connectivity index (χ2v) is 3.28. The first-order valence-corrected chi connectivity index (χ1v) is 4.71. The Kier molecular flexibility index (Phi) is 4.24. The summed E-state index contributed by atoms with van der Waals surface area (Å²) < 4.78 is 9.90. The van der Waals surface area contributed by atoms with Crippen LogP contribution in [0.4, 0.5) is 0 Å². The van der Waals surface area contributed by atoms with E-state index in [4.69, 9.17) is 4.74 Å². The normalized spacial score (nSPS) is 26.6. The lowest BCUT2D eigenvalue weighted by atomic mass is 10.0. The zero-order chi connectivity index (χ0) is 11.3. The number of methoxy groups -OCH3 is 1. The zero-order valence-electron chi connectivity index (χ0n) is 8.64. The Bertz CT molecular complexity index is 293. The second-order valence-electron chi connectivity index (χ2n) is 3.28. The van der Waals surface area contributed by atoms with Crippen LogP contribution in [0.1, 0.15) is 12.8 Å². The highest BCUT2D eigenvalue weighted by Crippen LogP contribution is 2.17. The predicted molar refractivity (Wildman–Crippen MR) is 54.3 cm³/mol. The number of ketones is 1. The van der Waals surface area contributed by atoms with Crippen LogP contribution >= 0.6 is 0 Å². The van der Waals surface area contributed by atoms with Gasteiger partial charge in [-0.15, -0.1) is 6.58 Å². The van der Waals surface area contributed by atoms with Gasteiger partial charge in [-0.25, -0.2) is 4.79 Å². The van der Waals surface area contributed by atoms with Crippen molar-refractivity contribution in [2.45, 2.75) is 25.0 Å². The molecule has 0 spiro atoms. The van der Waals surface area contributed by atoms with E-state index in [1.165, 1.54) is 13.2 Å². The van der Waals surface area contributed by atoms with E-state index in [9.17, 15) is 9.59 Å². The second kappa shape index (κ2) is 5.46. The summed E-state index contributed by atoms with van der Waals surface area (Å²) in [5.74, 6) is -0.336. The molecule has 1 aliphatic rings. The maximum absolute atomic E-state index is 11.3. The first-order chi connectivity index (χ1) is 7.15. The quantitative estimate of drug-likeness (QED) is 0.396. The van der Waals surface area contributed by atoms with Crippen molar-refractivity contribution in [3.05, 3.63) is 24.8 Å². The van der Waals surface area contributed by atoms with Crippen LogP contribution < -0.4 is 0 Å². The molecule has 82 valence electrons. The smallest absolute Gasteiger partial charge is 0.330 e. The summed E-state index contributed by atoms with van der Waals surface area (Å²) in [6, 6.07) is 0. The van der Waals surface area contributed by atoms with Gasteiger partial charge in [-0.05, 0) is 6.08 Å². The van der Waals surface area contributed by atoms with Gasteiger partial charge in [0.05, 0.1) is 19.3 Å². The summed E-state index contributed by atoms with van der Waals surface area (Å²) in [7, 11) is 1.30. The predicted octanol–water partition coefficient (Wildman–Crippen LogP) is 1.02. The molecule has 0 bridgehead atoms. The Balaban J connectivity index is 2.54. The average molecular weight is 210 g/mol. The molecule has 4 heteroatoms. The third-order valence-corrected chi connectivity index (χ3v) is 2.12. The SMILES string of the molecule is C=C[C@H]1CC(=O)C[C@@H](/C=C/C(=O)OC)O1. The van der Waals surface area contributed by atoms with Gasteiger partial charge in [-0.3, -0.25) is 4.79 Å². The van der Waals surface area contributed by atoms with E-state index in [0.29, 0.717) is 12.8 Å². The number of hydrogen-bond acceptors (Lipinski definition) is 4. The average Bonchev–Trinajstić information content (AvgIpc) is 2.25. The third-order valence-electron chi connectivity index (χ3n) is 2.12. The minimum Gasteiger partial charge on any atom is -0.466 e. The molecular weight excluding hydrogens is 196 g/mol. The maximum atomic E-state index is 11.3. The molecule has 0 unspecified atom stereocenters. The summed E-state index contributed by atoms with van der Waals surface area (Å²) >= 11 is 0. The monoisotopic (exact) mass is 210 g/mol. The van der Waals surface area contributed by atoms with Crippen LogP contribution in [-0.4, -0.2) is 31.1 Å². The van der Waals surface area contributed by atoms with Crippen molar-refractivity contribution < 1.29 is 19.1 Å². The molecule has 1 rings (SSSR count). The van der Waals surface area contributed by atoms with E-state index < -0.39 is 5.97 Å². The topological polar surface area (TPSA) is 52.6 Å². The summed E-state index contributed by atoms with van der Waals surface area (Å²) in [5, 5.41) is 0. The minimum atomic E-state index is -0.452. The van der Waals surface area contributed by atoms with Crippen molar-refractivity contribution in [3.8, 4) is 0 Å². The molecular formula is C11H14O4. The van der Waals surface area contributed by atoms with Gasteiger partial charge in [0, 0.05) is 18.9 Å². The molecule has 15 heavy (non-hydrogen) atoms. The molecule has 1 heterocycles. The number of hydrogen-bond donors (Lipinski definition) is 0. The lowest BCUT2D eigenvalue weighted by Crippen LogP contribution is -2.30. The van der Waals surface area contributed by atoms with Crippen LogP contribution in [0.3, 0.4) is 0 Å². The van der Waals surface area contributed by atoms with Gasteiger partial charge in [0.25, 0.3) is 0 Å². The van der Waals surface area contributed by atoms with E-state index in [0.717, 1.165) is 0 Å². The first-order valence-electron chi connectivity index (χ1n) is 4.71. The maximum Gasteiger partial charge on any atom is 0.330 e. The van der Waals surface area contributed by atoms with Crippen LogP contribution in [0, 0.1) is 0 Å². The lowest BCUT2D eigenvalue weighted by molar-refractivity contribution is -0.135. The van der Waals surface area contributed by atoms with Crippen LogP contribution in [0.25, 0.3) is 0 Å². The molecule has 0 aromatic rings. The van der Waals surface area contributed by atoms with Gasteiger partial charge in [0.15, 0.2) is 0 Å². The van der Waals surface area contributed by atoms with Crippen molar-refractivity contribution >= 4 is 11.8 Å². The Hall–Kier alpha value is -1.42. The Morgan fingerprint density at radius 2 is 2.20 bits per heavy atom. The summed E-state index contributed by atoms with van der Waals surface area (Å²) in [6.45, 7) is 3.57. The molecule has 0 aliphatic carbocycles. The number of esters is 1. The lowest BCUT2D eigenvalue weighted by Gasteiger charge is -2.24. The molecule has 1 aliphatic heterocycles. The number of carbonyl (C=O) groups excluding carboxylic acids is 2. The van der Waals surface area contributed by atoms with Gasteiger partial charge in [-0.2, -0.15) is 0 Å². The van der Waals surface area contributed by atoms with Crippen LogP contribution in [0.5, 0.6) is 0 Å². The first kappa shape index (κ1) is 11.7. The molecule has 0 N–H and O–H groups in total. The summed E-state index contributed by atoms with van der Waals surface area (Å²) in [5.41, 5.74) is 0. The highest BCUT2D eigenvalue weighted by molar-refractivity contribution is 5.83. The van der Waals surface area contributed by atoms with Gasteiger partial charge in [0.2, 0.25) is 0 Å². The molecule has 0 aromatic heterocycles. The van der Waals surface area contributed by atoms with Gasteiger partial charge in [-0.1, -0.05) is 6.08 Å². The Labute approximate surface area is 88.6 Å². The van der Waals surface area contributed by atoms with E-state index in [-0.39, 0.29) is 18.0 Å². The molecule has 0 aromatic carbocycles. The molecule has 0 radical (unpaired) electrons. The standard InChI is InChI=1S/C11H14O4/c1-3-9-6-8(12)7-10(15-9)4-5-11(13)14-2/h3-5,9-10H,1,6-7H2,2H3/b5-4+/t9-,10+/m0/s1. The Morgan fingerprint density at radius 1 is 1.53 bits per heavy atom. The zero-order valence-corrected chi connectivity index (χ0v) is 8.64. The van der Waals surface area contributed by atoms with Gasteiger partial charge < -0.3 is 9.47 Å². The van der Waals surface area contributed by atoms with E-state index in [1.54, 1.807) is 12.2 Å². The minimum absolute atomic E-state index is 0.116. The largest absolute Gasteiger partial charge is 0.466 e. The number of ether oxygens (including phenoxy) is 2. The Morgan fingerprint density at radius 3 is 2.80 bits per heavy atom. The van der Waals surface area contributed by atoms with Crippen LogP contribution in [0.2, 0.25) is 0 Å². The van der Waals surface area contributed by atoms with Crippen molar-refractivity contribution in [2.24, 2.45) is 0 Å².